The van der Waals surface area contributed by atoms with Gasteiger partial charge in [-0.15, -0.1) is 0 Å². The van der Waals surface area contributed by atoms with Gasteiger partial charge in [0.1, 0.15) is 0 Å². The third-order valence-corrected chi connectivity index (χ3v) is 2.10. The van der Waals surface area contributed by atoms with Gasteiger partial charge in [-0.05, 0) is 25.0 Å². The molecule has 0 atom stereocenters. The zero-order chi connectivity index (χ0) is 7.90. The minimum absolute atomic E-state index is 0.203. The van der Waals surface area contributed by atoms with Gasteiger partial charge in [-0.1, -0.05) is 0 Å². The fourth-order valence-corrected chi connectivity index (χ4v) is 1.21. The molecule has 2 rings (SSSR count). The maximum absolute atomic E-state index is 5.93. The molecule has 1 aromatic heterocycles. The quantitative estimate of drug-likeness (QED) is 0.615. The number of nitrogens with zero attached hydrogens (tertiary/aromatic N) is 1. The normalized spacial score (nSPS) is 19.7. The van der Waals surface area contributed by atoms with E-state index in [1.807, 2.05) is 12.1 Å². The molecule has 0 aliphatic heterocycles. The Morgan fingerprint density at radius 3 is 2.73 bits per heavy atom. The number of hydrogen-bond donors (Lipinski definition) is 2. The zero-order valence-electron chi connectivity index (χ0n) is 6.25. The Labute approximate surface area is 65.4 Å². The molecular formula is C8H11N3. The second-order valence-electron chi connectivity index (χ2n) is 3.10. The van der Waals surface area contributed by atoms with Crippen LogP contribution in [-0.4, -0.2) is 4.98 Å². The number of pyridine rings is 1. The van der Waals surface area contributed by atoms with Gasteiger partial charge in [-0.3, -0.25) is 4.98 Å². The van der Waals surface area contributed by atoms with E-state index in [1.165, 1.54) is 0 Å². The van der Waals surface area contributed by atoms with Crippen LogP contribution in [0, 0.1) is 0 Å². The molecule has 3 nitrogen and oxygen atoms in total. The van der Waals surface area contributed by atoms with E-state index >= 15 is 0 Å². The van der Waals surface area contributed by atoms with E-state index in [4.69, 9.17) is 11.5 Å². The Morgan fingerprint density at radius 1 is 1.45 bits per heavy atom. The van der Waals surface area contributed by atoms with Gasteiger partial charge in [0.2, 0.25) is 0 Å². The third kappa shape index (κ3) is 0.973. The molecule has 58 valence electrons. The van der Waals surface area contributed by atoms with Crippen LogP contribution in [0.3, 0.4) is 0 Å². The van der Waals surface area contributed by atoms with Gasteiger partial charge in [0, 0.05) is 6.20 Å². The van der Waals surface area contributed by atoms with Crippen molar-refractivity contribution in [1.29, 1.82) is 0 Å². The van der Waals surface area contributed by atoms with Crippen LogP contribution >= 0.6 is 0 Å². The predicted molar refractivity (Wildman–Crippen MR) is 43.7 cm³/mol. The topological polar surface area (TPSA) is 64.9 Å². The highest BCUT2D eigenvalue weighted by atomic mass is 14.9. The van der Waals surface area contributed by atoms with Crippen molar-refractivity contribution >= 4 is 5.69 Å². The fourth-order valence-electron chi connectivity index (χ4n) is 1.21. The first-order chi connectivity index (χ1) is 5.22. The van der Waals surface area contributed by atoms with Crippen LogP contribution in [0.5, 0.6) is 0 Å². The molecular weight excluding hydrogens is 138 g/mol. The zero-order valence-corrected chi connectivity index (χ0v) is 6.25. The smallest absolute Gasteiger partial charge is 0.0831 e. The van der Waals surface area contributed by atoms with Crippen LogP contribution in [0.15, 0.2) is 18.3 Å². The highest BCUT2D eigenvalue weighted by molar-refractivity contribution is 5.47. The first-order valence-corrected chi connectivity index (χ1v) is 3.72. The van der Waals surface area contributed by atoms with Crippen molar-refractivity contribution in [3.8, 4) is 0 Å². The Kier molecular flexibility index (Phi) is 1.17. The highest BCUT2D eigenvalue weighted by Gasteiger charge is 2.42. The minimum atomic E-state index is -0.203. The summed E-state index contributed by atoms with van der Waals surface area (Å²) in [6, 6.07) is 3.67. The summed E-state index contributed by atoms with van der Waals surface area (Å²) in [6.07, 6.45) is 3.75. The molecule has 1 aliphatic rings. The molecule has 0 unspecified atom stereocenters. The van der Waals surface area contributed by atoms with Crippen LogP contribution in [0.4, 0.5) is 5.69 Å². The Hall–Kier alpha value is -1.09. The Bertz CT molecular complexity index is 278. The van der Waals surface area contributed by atoms with Gasteiger partial charge < -0.3 is 11.5 Å². The van der Waals surface area contributed by atoms with Gasteiger partial charge in [0.05, 0.1) is 16.9 Å². The summed E-state index contributed by atoms with van der Waals surface area (Å²) in [5.74, 6) is 0. The first kappa shape index (κ1) is 6.61. The summed E-state index contributed by atoms with van der Waals surface area (Å²) in [6.45, 7) is 0. The van der Waals surface area contributed by atoms with Crippen LogP contribution < -0.4 is 11.5 Å². The molecule has 0 aromatic carbocycles. The summed E-state index contributed by atoms with van der Waals surface area (Å²) in [5.41, 5.74) is 13.0. The minimum Gasteiger partial charge on any atom is -0.397 e. The highest BCUT2D eigenvalue weighted by Crippen LogP contribution is 2.43. The lowest BCUT2D eigenvalue weighted by Crippen LogP contribution is -2.21. The second kappa shape index (κ2) is 1.95. The van der Waals surface area contributed by atoms with Gasteiger partial charge in [0.15, 0.2) is 0 Å². The Balaban J connectivity index is 2.45. The van der Waals surface area contributed by atoms with E-state index in [0.29, 0.717) is 5.69 Å². The molecule has 11 heavy (non-hydrogen) atoms. The summed E-state index contributed by atoms with van der Waals surface area (Å²) >= 11 is 0. The summed E-state index contributed by atoms with van der Waals surface area (Å²) in [4.78, 5) is 4.16. The van der Waals surface area contributed by atoms with Crippen molar-refractivity contribution in [2.24, 2.45) is 5.73 Å². The van der Waals surface area contributed by atoms with Gasteiger partial charge in [-0.2, -0.15) is 0 Å². The number of nitrogens with two attached hydrogens (primary N) is 2. The van der Waals surface area contributed by atoms with E-state index in [2.05, 4.69) is 4.98 Å². The van der Waals surface area contributed by atoms with Crippen LogP contribution in [0.25, 0.3) is 0 Å². The van der Waals surface area contributed by atoms with Crippen molar-refractivity contribution in [3.63, 3.8) is 0 Å². The molecule has 0 bridgehead atoms. The monoisotopic (exact) mass is 149 g/mol. The predicted octanol–water partition coefficient (Wildman–Crippen LogP) is 0.612. The number of aromatic nitrogens is 1. The van der Waals surface area contributed by atoms with E-state index in [0.717, 1.165) is 18.5 Å². The largest absolute Gasteiger partial charge is 0.397 e. The van der Waals surface area contributed by atoms with Gasteiger partial charge in [0.25, 0.3) is 0 Å². The lowest BCUT2D eigenvalue weighted by atomic mass is 10.1. The third-order valence-electron chi connectivity index (χ3n) is 2.10. The number of anilines is 1. The van der Waals surface area contributed by atoms with Gasteiger partial charge >= 0.3 is 0 Å². The van der Waals surface area contributed by atoms with Crippen LogP contribution in [0.2, 0.25) is 0 Å². The number of rotatable bonds is 1. The molecule has 1 aromatic rings. The average Bonchev–Trinajstić information content (AvgIpc) is 2.70. The van der Waals surface area contributed by atoms with E-state index in [1.54, 1.807) is 6.20 Å². The van der Waals surface area contributed by atoms with E-state index in [9.17, 15) is 0 Å². The number of nitrogen functional groups attached to an aromatic ring is 1. The van der Waals surface area contributed by atoms with E-state index < -0.39 is 0 Å². The SMILES string of the molecule is Nc1cccnc1C1(N)CC1. The second-order valence-corrected chi connectivity index (χ2v) is 3.10. The number of hydrogen-bond acceptors (Lipinski definition) is 3. The summed E-state index contributed by atoms with van der Waals surface area (Å²) in [5, 5.41) is 0. The average molecular weight is 149 g/mol. The molecule has 0 radical (unpaired) electrons. The fraction of sp³-hybridized carbons (Fsp3) is 0.375. The Morgan fingerprint density at radius 2 is 2.18 bits per heavy atom. The molecule has 4 N–H and O–H groups in total. The molecule has 0 saturated heterocycles. The van der Waals surface area contributed by atoms with Crippen molar-refractivity contribution in [3.05, 3.63) is 24.0 Å². The standard InChI is InChI=1S/C8H11N3/c9-6-2-1-5-11-7(6)8(10)3-4-8/h1-2,5H,3-4,9-10H2. The lowest BCUT2D eigenvalue weighted by molar-refractivity contribution is 0.711. The van der Waals surface area contributed by atoms with Crippen molar-refractivity contribution < 1.29 is 0 Å². The molecule has 1 fully saturated rings. The van der Waals surface area contributed by atoms with E-state index in [-0.39, 0.29) is 5.54 Å². The molecule has 1 aliphatic carbocycles. The molecule has 1 saturated carbocycles. The molecule has 1 heterocycles. The van der Waals surface area contributed by atoms with Crippen molar-refractivity contribution in [2.75, 3.05) is 5.73 Å². The molecule has 3 heteroatoms. The van der Waals surface area contributed by atoms with Crippen LogP contribution in [-0.2, 0) is 5.54 Å². The first-order valence-electron chi connectivity index (χ1n) is 3.72. The summed E-state index contributed by atoms with van der Waals surface area (Å²) in [7, 11) is 0. The summed E-state index contributed by atoms with van der Waals surface area (Å²) < 4.78 is 0. The van der Waals surface area contributed by atoms with Crippen molar-refractivity contribution in [1.82, 2.24) is 4.98 Å². The molecule has 0 amide bonds. The van der Waals surface area contributed by atoms with Crippen LogP contribution in [0.1, 0.15) is 18.5 Å². The van der Waals surface area contributed by atoms with Crippen molar-refractivity contribution in [2.45, 2.75) is 18.4 Å². The molecule has 0 spiro atoms. The van der Waals surface area contributed by atoms with Gasteiger partial charge in [-0.25, -0.2) is 0 Å². The maximum atomic E-state index is 5.93. The maximum Gasteiger partial charge on any atom is 0.0831 e. The lowest BCUT2D eigenvalue weighted by Gasteiger charge is -2.09.